The molecule has 1 unspecified atom stereocenters. The highest BCUT2D eigenvalue weighted by molar-refractivity contribution is 5.93. The number of aliphatic hydroxyl groups is 2. The minimum Gasteiger partial charge on any atom is -0.514 e. The number of aliphatic hydroxyl groups excluding tert-OH is 2. The van der Waals surface area contributed by atoms with E-state index < -0.39 is 35.9 Å². The number of carboxylic acid groups (broad SMARTS) is 1. The first-order chi connectivity index (χ1) is 15.5. The smallest absolute Gasteiger partial charge is 0.329 e. The lowest BCUT2D eigenvalue weighted by atomic mass is 10.0. The molecule has 0 aliphatic rings. The number of imide groups is 1. The number of hydrogen-bond acceptors (Lipinski definition) is 7. The van der Waals surface area contributed by atoms with Crippen molar-refractivity contribution in [1.29, 1.82) is 0 Å². The SMILES string of the molecule is CCC(N(C)/C=C\O)N(C[C@H](OC[C@@H](C)O)c1ccccc1)C(=O)N(C=O)C(C)(C)C(=O)O. The van der Waals surface area contributed by atoms with Crippen LogP contribution in [0.3, 0.4) is 0 Å². The average Bonchev–Trinajstić information content (AvgIpc) is 2.76. The number of amides is 3. The minimum atomic E-state index is -1.80. The summed E-state index contributed by atoms with van der Waals surface area (Å²) in [7, 11) is 1.64. The molecule has 0 aliphatic heterocycles. The summed E-state index contributed by atoms with van der Waals surface area (Å²) >= 11 is 0. The summed E-state index contributed by atoms with van der Waals surface area (Å²) in [6.07, 6.45) is 0.705. The number of aliphatic carboxylic acids is 1. The number of carbonyl (C=O) groups is 3. The number of benzene rings is 1. The van der Waals surface area contributed by atoms with Gasteiger partial charge in [-0.25, -0.2) is 9.59 Å². The second kappa shape index (κ2) is 12.8. The summed E-state index contributed by atoms with van der Waals surface area (Å²) in [5, 5.41) is 28.6. The predicted octanol–water partition coefficient (Wildman–Crippen LogP) is 2.57. The molecule has 10 nitrogen and oxygen atoms in total. The molecule has 33 heavy (non-hydrogen) atoms. The van der Waals surface area contributed by atoms with Crippen LogP contribution in [0.15, 0.2) is 42.8 Å². The van der Waals surface area contributed by atoms with Gasteiger partial charge in [-0.1, -0.05) is 37.3 Å². The molecule has 0 aliphatic carbocycles. The van der Waals surface area contributed by atoms with Crippen molar-refractivity contribution < 1.29 is 34.4 Å². The van der Waals surface area contributed by atoms with Crippen molar-refractivity contribution in [2.24, 2.45) is 0 Å². The molecule has 0 fully saturated rings. The number of urea groups is 1. The quantitative estimate of drug-likeness (QED) is 0.230. The summed E-state index contributed by atoms with van der Waals surface area (Å²) in [4.78, 5) is 40.7. The first-order valence-electron chi connectivity index (χ1n) is 10.7. The predicted molar refractivity (Wildman–Crippen MR) is 122 cm³/mol. The van der Waals surface area contributed by atoms with Crippen LogP contribution in [0.25, 0.3) is 0 Å². The molecule has 0 radical (unpaired) electrons. The molecule has 0 aromatic heterocycles. The van der Waals surface area contributed by atoms with Crippen molar-refractivity contribution in [3.63, 3.8) is 0 Å². The van der Waals surface area contributed by atoms with E-state index in [-0.39, 0.29) is 19.6 Å². The number of rotatable bonds is 13. The number of nitrogens with zero attached hydrogens (tertiary/aromatic N) is 3. The second-order valence-corrected chi connectivity index (χ2v) is 8.21. The van der Waals surface area contributed by atoms with Crippen LogP contribution in [0.2, 0.25) is 0 Å². The average molecular weight is 466 g/mol. The van der Waals surface area contributed by atoms with E-state index in [1.54, 1.807) is 18.9 Å². The van der Waals surface area contributed by atoms with Gasteiger partial charge in [0.25, 0.3) is 0 Å². The maximum atomic E-state index is 13.6. The van der Waals surface area contributed by atoms with Crippen molar-refractivity contribution >= 4 is 18.4 Å². The highest BCUT2D eigenvalue weighted by Gasteiger charge is 2.42. The molecule has 0 spiro atoms. The highest BCUT2D eigenvalue weighted by atomic mass is 16.5. The van der Waals surface area contributed by atoms with Gasteiger partial charge in [-0.05, 0) is 32.8 Å². The first kappa shape index (κ1) is 27.9. The van der Waals surface area contributed by atoms with Crippen LogP contribution < -0.4 is 0 Å². The Morgan fingerprint density at radius 2 is 1.82 bits per heavy atom. The zero-order valence-corrected chi connectivity index (χ0v) is 19.8. The van der Waals surface area contributed by atoms with Crippen molar-refractivity contribution in [2.75, 3.05) is 20.2 Å². The molecule has 1 aromatic carbocycles. The lowest BCUT2D eigenvalue weighted by Crippen LogP contribution is -2.60. The largest absolute Gasteiger partial charge is 0.514 e. The summed E-state index contributed by atoms with van der Waals surface area (Å²) in [6.45, 7) is 5.87. The van der Waals surface area contributed by atoms with Crippen LogP contribution >= 0.6 is 0 Å². The number of ether oxygens (including phenoxy) is 1. The molecule has 1 aromatic rings. The fraction of sp³-hybridized carbons (Fsp3) is 0.522. The molecule has 0 bridgehead atoms. The van der Waals surface area contributed by atoms with E-state index >= 15 is 0 Å². The van der Waals surface area contributed by atoms with Gasteiger partial charge in [-0.3, -0.25) is 9.69 Å². The second-order valence-electron chi connectivity index (χ2n) is 8.21. The molecule has 3 atom stereocenters. The monoisotopic (exact) mass is 465 g/mol. The fourth-order valence-corrected chi connectivity index (χ4v) is 3.27. The van der Waals surface area contributed by atoms with E-state index in [4.69, 9.17) is 4.74 Å². The Balaban J connectivity index is 3.50. The Morgan fingerprint density at radius 1 is 1.21 bits per heavy atom. The maximum Gasteiger partial charge on any atom is 0.329 e. The first-order valence-corrected chi connectivity index (χ1v) is 10.7. The standard InChI is InChI=1S/C23H35N3O7/c1-6-20(24(5)12-13-27)25(22(32)26(16-28)23(3,4)21(30)31)14-19(33-15-17(2)29)18-10-8-7-9-11-18/h7-13,16-17,19-20,27,29H,6,14-15H2,1-5H3,(H,30,31)/b13-12-/t17-,19+,20?/m1/s1. The molecule has 0 heterocycles. The summed E-state index contributed by atoms with van der Waals surface area (Å²) < 4.78 is 5.90. The zero-order valence-electron chi connectivity index (χ0n) is 19.8. The molecule has 10 heteroatoms. The fourth-order valence-electron chi connectivity index (χ4n) is 3.27. The van der Waals surface area contributed by atoms with Gasteiger partial charge >= 0.3 is 12.0 Å². The molecule has 0 saturated carbocycles. The molecular weight excluding hydrogens is 430 g/mol. The van der Waals surface area contributed by atoms with Crippen LogP contribution in [-0.4, -0.2) is 86.4 Å². The number of carboxylic acids is 1. The van der Waals surface area contributed by atoms with Crippen molar-refractivity contribution in [2.45, 2.75) is 58.0 Å². The summed E-state index contributed by atoms with van der Waals surface area (Å²) in [5.41, 5.74) is -1.06. The maximum absolute atomic E-state index is 13.6. The van der Waals surface area contributed by atoms with Gasteiger partial charge in [-0.15, -0.1) is 0 Å². The van der Waals surface area contributed by atoms with Crippen molar-refractivity contribution in [1.82, 2.24) is 14.7 Å². The van der Waals surface area contributed by atoms with E-state index in [0.717, 1.165) is 11.8 Å². The zero-order chi connectivity index (χ0) is 25.2. The van der Waals surface area contributed by atoms with Crippen LogP contribution in [-0.2, 0) is 14.3 Å². The van der Waals surface area contributed by atoms with Crippen LogP contribution in [0.5, 0.6) is 0 Å². The Kier molecular flexibility index (Phi) is 10.8. The van der Waals surface area contributed by atoms with Gasteiger partial charge in [-0.2, -0.15) is 0 Å². The molecular formula is C23H35N3O7. The molecule has 184 valence electrons. The third-order valence-electron chi connectivity index (χ3n) is 5.25. The van der Waals surface area contributed by atoms with Crippen molar-refractivity contribution in [3.8, 4) is 0 Å². The van der Waals surface area contributed by atoms with Gasteiger partial charge in [0.2, 0.25) is 6.41 Å². The van der Waals surface area contributed by atoms with E-state index in [1.807, 2.05) is 37.3 Å². The molecule has 3 N–H and O–H groups in total. The molecule has 3 amide bonds. The lowest BCUT2D eigenvalue weighted by Gasteiger charge is -2.42. The number of hydrogen-bond donors (Lipinski definition) is 3. The Hall–Kier alpha value is -3.11. The Labute approximate surface area is 194 Å². The van der Waals surface area contributed by atoms with Crippen LogP contribution in [0.1, 0.15) is 45.8 Å². The van der Waals surface area contributed by atoms with Crippen molar-refractivity contribution in [3.05, 3.63) is 48.4 Å². The molecule has 0 saturated heterocycles. The highest BCUT2D eigenvalue weighted by Crippen LogP contribution is 2.25. The van der Waals surface area contributed by atoms with Gasteiger partial charge in [0.05, 0.1) is 25.5 Å². The third-order valence-corrected chi connectivity index (χ3v) is 5.25. The van der Waals surface area contributed by atoms with E-state index in [9.17, 15) is 29.7 Å². The summed E-state index contributed by atoms with van der Waals surface area (Å²) in [5.74, 6) is -1.34. The minimum absolute atomic E-state index is 0.00276. The third kappa shape index (κ3) is 7.47. The van der Waals surface area contributed by atoms with Gasteiger partial charge < -0.3 is 29.9 Å². The molecule has 1 rings (SSSR count). The number of carbonyl (C=O) groups excluding carboxylic acids is 2. The summed E-state index contributed by atoms with van der Waals surface area (Å²) in [6, 6.07) is 8.24. The Bertz CT molecular complexity index is 799. The van der Waals surface area contributed by atoms with Gasteiger partial charge in [0.15, 0.2) is 0 Å². The topological polar surface area (TPSA) is 131 Å². The van der Waals surface area contributed by atoms with E-state index in [1.165, 1.54) is 24.9 Å². The van der Waals surface area contributed by atoms with E-state index in [0.29, 0.717) is 11.3 Å². The Morgan fingerprint density at radius 3 is 2.27 bits per heavy atom. The van der Waals surface area contributed by atoms with Crippen LogP contribution in [0.4, 0.5) is 4.79 Å². The van der Waals surface area contributed by atoms with Gasteiger partial charge in [0.1, 0.15) is 17.8 Å². The van der Waals surface area contributed by atoms with E-state index in [2.05, 4.69) is 0 Å². The normalized spacial score (nSPS) is 14.4. The van der Waals surface area contributed by atoms with Crippen LogP contribution in [0, 0.1) is 0 Å². The lowest BCUT2D eigenvalue weighted by molar-refractivity contribution is -0.151. The van der Waals surface area contributed by atoms with Gasteiger partial charge in [0, 0.05) is 13.2 Å².